The molecular weight excluding hydrogens is 285 g/mol. The van der Waals surface area contributed by atoms with Crippen molar-refractivity contribution in [2.45, 2.75) is 13.3 Å². The molecule has 98 valence electrons. The number of rotatable bonds is 3. The fourth-order valence-electron chi connectivity index (χ4n) is 1.89. The molecular formula is C14H11Cl2NO2. The average molecular weight is 296 g/mol. The van der Waals surface area contributed by atoms with Crippen LogP contribution in [-0.4, -0.2) is 16.1 Å². The predicted octanol–water partition coefficient (Wildman–Crippen LogP) is 3.99. The molecule has 0 bridgehead atoms. The topological polar surface area (TPSA) is 50.2 Å². The number of hydrogen-bond acceptors (Lipinski definition) is 2. The summed E-state index contributed by atoms with van der Waals surface area (Å²) in [5.74, 6) is -0.887. The maximum Gasteiger partial charge on any atom is 0.307 e. The second-order valence-electron chi connectivity index (χ2n) is 4.17. The van der Waals surface area contributed by atoms with Crippen LogP contribution in [0.15, 0.2) is 30.3 Å². The van der Waals surface area contributed by atoms with Gasteiger partial charge in [0.05, 0.1) is 22.2 Å². The summed E-state index contributed by atoms with van der Waals surface area (Å²) in [5.41, 5.74) is 2.61. The van der Waals surface area contributed by atoms with Gasteiger partial charge in [-0.05, 0) is 36.8 Å². The fraction of sp³-hybridized carbons (Fsp3) is 0.143. The minimum absolute atomic E-state index is 0.0571. The van der Waals surface area contributed by atoms with Crippen molar-refractivity contribution in [1.82, 2.24) is 4.98 Å². The molecule has 3 nitrogen and oxygen atoms in total. The Morgan fingerprint density at radius 1 is 1.26 bits per heavy atom. The highest BCUT2D eigenvalue weighted by atomic mass is 35.5. The van der Waals surface area contributed by atoms with Crippen molar-refractivity contribution in [1.29, 1.82) is 0 Å². The number of carboxylic acids is 1. The highest BCUT2D eigenvalue weighted by molar-refractivity contribution is 6.39. The van der Waals surface area contributed by atoms with E-state index in [0.717, 1.165) is 5.69 Å². The lowest BCUT2D eigenvalue weighted by Gasteiger charge is -2.09. The summed E-state index contributed by atoms with van der Waals surface area (Å²) in [5, 5.41) is 9.84. The first kappa shape index (κ1) is 13.8. The lowest BCUT2D eigenvalue weighted by atomic mass is 10.1. The summed E-state index contributed by atoms with van der Waals surface area (Å²) in [6.07, 6.45) is -0.0571. The smallest absolute Gasteiger partial charge is 0.307 e. The first-order chi connectivity index (χ1) is 8.97. The molecule has 19 heavy (non-hydrogen) atoms. The first-order valence-electron chi connectivity index (χ1n) is 5.61. The summed E-state index contributed by atoms with van der Waals surface area (Å²) in [6.45, 7) is 1.81. The monoisotopic (exact) mass is 295 g/mol. The number of aliphatic carboxylic acids is 1. The van der Waals surface area contributed by atoms with Crippen LogP contribution in [0.4, 0.5) is 0 Å². The van der Waals surface area contributed by atoms with Gasteiger partial charge >= 0.3 is 5.97 Å². The van der Waals surface area contributed by atoms with Gasteiger partial charge in [-0.15, -0.1) is 0 Å². The van der Waals surface area contributed by atoms with Crippen LogP contribution in [0, 0.1) is 6.92 Å². The summed E-state index contributed by atoms with van der Waals surface area (Å²) < 4.78 is 0. The molecule has 1 heterocycles. The molecule has 0 aliphatic rings. The van der Waals surface area contributed by atoms with Gasteiger partial charge in [0.25, 0.3) is 0 Å². The van der Waals surface area contributed by atoms with E-state index < -0.39 is 5.97 Å². The van der Waals surface area contributed by atoms with Crippen molar-refractivity contribution in [3.05, 3.63) is 51.6 Å². The van der Waals surface area contributed by atoms with Crippen molar-refractivity contribution in [3.8, 4) is 11.3 Å². The lowest BCUT2D eigenvalue weighted by molar-refractivity contribution is -0.136. The number of carboxylic acid groups (broad SMARTS) is 1. The Bertz CT molecular complexity index is 621. The van der Waals surface area contributed by atoms with E-state index in [9.17, 15) is 4.79 Å². The van der Waals surface area contributed by atoms with Gasteiger partial charge in [-0.1, -0.05) is 29.3 Å². The zero-order chi connectivity index (χ0) is 14.0. The minimum Gasteiger partial charge on any atom is -0.481 e. The van der Waals surface area contributed by atoms with Crippen LogP contribution in [0.3, 0.4) is 0 Å². The summed E-state index contributed by atoms with van der Waals surface area (Å²) in [7, 11) is 0. The summed E-state index contributed by atoms with van der Waals surface area (Å²) in [6, 6.07) is 8.64. The maximum atomic E-state index is 10.8. The lowest BCUT2D eigenvalue weighted by Crippen LogP contribution is -2.02. The molecule has 0 atom stereocenters. The van der Waals surface area contributed by atoms with E-state index in [1.165, 1.54) is 0 Å². The number of halogens is 2. The van der Waals surface area contributed by atoms with Crippen molar-refractivity contribution in [3.63, 3.8) is 0 Å². The number of pyridine rings is 1. The Labute approximate surface area is 120 Å². The number of aromatic nitrogens is 1. The van der Waals surface area contributed by atoms with Crippen LogP contribution in [-0.2, 0) is 11.2 Å². The minimum atomic E-state index is -0.887. The number of hydrogen-bond donors (Lipinski definition) is 1. The van der Waals surface area contributed by atoms with Gasteiger partial charge in [0.15, 0.2) is 0 Å². The van der Waals surface area contributed by atoms with Crippen molar-refractivity contribution >= 4 is 29.2 Å². The number of carbonyl (C=O) groups is 1. The molecule has 5 heteroatoms. The van der Waals surface area contributed by atoms with Crippen LogP contribution >= 0.6 is 23.2 Å². The summed E-state index contributed by atoms with van der Waals surface area (Å²) in [4.78, 5) is 15.2. The Morgan fingerprint density at radius 3 is 2.47 bits per heavy atom. The molecule has 1 aromatic carbocycles. The average Bonchev–Trinajstić information content (AvgIpc) is 2.26. The zero-order valence-electron chi connectivity index (χ0n) is 10.2. The van der Waals surface area contributed by atoms with Gasteiger partial charge in [0.1, 0.15) is 0 Å². The highest BCUT2D eigenvalue weighted by Gasteiger charge is 2.12. The molecule has 0 aliphatic carbocycles. The third-order valence-corrected chi connectivity index (χ3v) is 3.22. The number of aryl methyl sites for hydroxylation is 1. The van der Waals surface area contributed by atoms with Crippen LogP contribution in [0.1, 0.15) is 11.3 Å². The van der Waals surface area contributed by atoms with E-state index in [1.807, 2.05) is 0 Å². The molecule has 0 aliphatic heterocycles. The zero-order valence-corrected chi connectivity index (χ0v) is 11.7. The third-order valence-electron chi connectivity index (χ3n) is 2.59. The van der Waals surface area contributed by atoms with Crippen molar-refractivity contribution < 1.29 is 9.90 Å². The van der Waals surface area contributed by atoms with E-state index in [2.05, 4.69) is 4.98 Å². The maximum absolute atomic E-state index is 10.8. The van der Waals surface area contributed by atoms with Gasteiger partial charge in [0, 0.05) is 11.3 Å². The van der Waals surface area contributed by atoms with Gasteiger partial charge in [-0.25, -0.2) is 0 Å². The molecule has 2 aromatic rings. The molecule has 0 fully saturated rings. The molecule has 1 N–H and O–H groups in total. The molecule has 0 amide bonds. The van der Waals surface area contributed by atoms with Crippen molar-refractivity contribution in [2.24, 2.45) is 0 Å². The highest BCUT2D eigenvalue weighted by Crippen LogP contribution is 2.33. The molecule has 2 rings (SSSR count). The number of benzene rings is 1. The Hall–Kier alpha value is -1.58. The number of nitrogens with zero attached hydrogens (tertiary/aromatic N) is 1. The molecule has 0 saturated heterocycles. The SMILES string of the molecule is Cc1cc(CC(=O)O)cc(-c2c(Cl)cccc2Cl)n1. The Morgan fingerprint density at radius 2 is 1.89 bits per heavy atom. The fourth-order valence-corrected chi connectivity index (χ4v) is 2.48. The van der Waals surface area contributed by atoms with Gasteiger partial charge in [-0.3, -0.25) is 9.78 Å². The molecule has 0 unspecified atom stereocenters. The van der Waals surface area contributed by atoms with E-state index in [-0.39, 0.29) is 6.42 Å². The van der Waals surface area contributed by atoms with Crippen LogP contribution in [0.25, 0.3) is 11.3 Å². The van der Waals surface area contributed by atoms with Crippen molar-refractivity contribution in [2.75, 3.05) is 0 Å². The van der Waals surface area contributed by atoms with Crippen LogP contribution in [0.5, 0.6) is 0 Å². The predicted molar refractivity (Wildman–Crippen MR) is 75.8 cm³/mol. The quantitative estimate of drug-likeness (QED) is 0.931. The molecule has 0 spiro atoms. The van der Waals surface area contributed by atoms with Crippen LogP contribution < -0.4 is 0 Å². The standard InChI is InChI=1S/C14H11Cl2NO2/c1-8-5-9(7-13(18)19)6-12(17-8)14-10(15)3-2-4-11(14)16/h2-6H,7H2,1H3,(H,18,19). The van der Waals surface area contributed by atoms with Crippen LogP contribution in [0.2, 0.25) is 10.0 Å². The Balaban J connectivity index is 2.56. The largest absolute Gasteiger partial charge is 0.481 e. The van der Waals surface area contributed by atoms with E-state index in [4.69, 9.17) is 28.3 Å². The first-order valence-corrected chi connectivity index (χ1v) is 6.36. The molecule has 0 saturated carbocycles. The summed E-state index contributed by atoms with van der Waals surface area (Å²) >= 11 is 12.3. The van der Waals surface area contributed by atoms with Gasteiger partial charge in [-0.2, -0.15) is 0 Å². The molecule has 1 aromatic heterocycles. The molecule has 0 radical (unpaired) electrons. The van der Waals surface area contributed by atoms with Gasteiger partial charge < -0.3 is 5.11 Å². The van der Waals surface area contributed by atoms with E-state index in [1.54, 1.807) is 37.3 Å². The van der Waals surface area contributed by atoms with E-state index in [0.29, 0.717) is 26.9 Å². The Kier molecular flexibility index (Phi) is 4.08. The second kappa shape index (κ2) is 5.59. The third kappa shape index (κ3) is 3.25. The second-order valence-corrected chi connectivity index (χ2v) is 4.98. The normalized spacial score (nSPS) is 10.5. The van der Waals surface area contributed by atoms with E-state index >= 15 is 0 Å². The van der Waals surface area contributed by atoms with Gasteiger partial charge in [0.2, 0.25) is 0 Å².